The molecule has 0 aromatic heterocycles. The summed E-state index contributed by atoms with van der Waals surface area (Å²) in [5, 5.41) is 41.9. The van der Waals surface area contributed by atoms with Crippen LogP contribution in [0.5, 0.6) is 0 Å². The summed E-state index contributed by atoms with van der Waals surface area (Å²) in [4.78, 5) is 43.2. The summed E-state index contributed by atoms with van der Waals surface area (Å²) in [6.07, 6.45) is 0. The van der Waals surface area contributed by atoms with Crippen molar-refractivity contribution in [2.45, 2.75) is 0 Å². The Hall–Kier alpha value is -2.28. The van der Waals surface area contributed by atoms with Crippen LogP contribution < -0.4 is 25.3 Å². The molecule has 0 aliphatic carbocycles. The normalized spacial score (nSPS) is 11.0. The summed E-state index contributed by atoms with van der Waals surface area (Å²) in [5.74, 6) is -5.62. The highest BCUT2D eigenvalue weighted by molar-refractivity contribution is 5.70. The van der Waals surface area contributed by atoms with Gasteiger partial charge in [0, 0.05) is 19.6 Å². The highest BCUT2D eigenvalue weighted by atomic mass is 16.5. The van der Waals surface area contributed by atoms with Crippen LogP contribution in [0.1, 0.15) is 0 Å². The van der Waals surface area contributed by atoms with E-state index in [2.05, 4.69) is 0 Å². The minimum atomic E-state index is -1.42. The highest BCUT2D eigenvalue weighted by Gasteiger charge is 2.09. The van der Waals surface area contributed by atoms with Crippen molar-refractivity contribution in [1.29, 1.82) is 0 Å². The smallest absolute Gasteiger partial charge is 0.118 e. The molecular formula is C14H21N2O10-3. The largest absolute Gasteiger partial charge is 0.549 e. The van der Waals surface area contributed by atoms with Crippen molar-refractivity contribution in [3.05, 3.63) is 0 Å². The van der Waals surface area contributed by atoms with Crippen molar-refractivity contribution in [2.75, 3.05) is 65.7 Å². The van der Waals surface area contributed by atoms with Crippen LogP contribution in [0.25, 0.3) is 0 Å². The van der Waals surface area contributed by atoms with E-state index in [9.17, 15) is 39.6 Å². The molecule has 0 amide bonds. The predicted molar refractivity (Wildman–Crippen MR) is 73.7 cm³/mol. The number of carboxylic acids is 4. The van der Waals surface area contributed by atoms with E-state index in [1.807, 2.05) is 0 Å². The summed E-state index contributed by atoms with van der Waals surface area (Å²) in [7, 11) is 0. The third kappa shape index (κ3) is 15.3. The molecular weight excluding hydrogens is 356 g/mol. The maximum absolute atomic E-state index is 10.5. The van der Waals surface area contributed by atoms with Gasteiger partial charge in [-0.3, -0.25) is 4.90 Å². The fourth-order valence-corrected chi connectivity index (χ4v) is 1.96. The fourth-order valence-electron chi connectivity index (χ4n) is 1.96. The predicted octanol–water partition coefficient (Wildman–Crippen LogP) is -8.79. The van der Waals surface area contributed by atoms with Crippen molar-refractivity contribution in [3.8, 4) is 0 Å². The lowest BCUT2D eigenvalue weighted by molar-refractivity contribution is -0.889. The van der Waals surface area contributed by atoms with E-state index in [1.165, 1.54) is 0 Å². The summed E-state index contributed by atoms with van der Waals surface area (Å²) in [5.41, 5.74) is 0. The first-order valence-corrected chi connectivity index (χ1v) is 7.71. The molecule has 0 fully saturated rings. The monoisotopic (exact) mass is 377 g/mol. The average molecular weight is 377 g/mol. The van der Waals surface area contributed by atoms with Gasteiger partial charge in [-0.2, -0.15) is 0 Å². The lowest BCUT2D eigenvalue weighted by Gasteiger charge is -2.23. The average Bonchev–Trinajstić information content (AvgIpc) is 2.47. The zero-order valence-electron chi connectivity index (χ0n) is 14.1. The minimum absolute atomic E-state index is 0.0388. The molecule has 0 unspecified atom stereocenters. The van der Waals surface area contributed by atoms with E-state index in [4.69, 9.17) is 9.47 Å². The Bertz CT molecular complexity index is 397. The Labute approximate surface area is 149 Å². The molecule has 0 atom stereocenters. The van der Waals surface area contributed by atoms with E-state index in [1.54, 1.807) is 0 Å². The van der Waals surface area contributed by atoms with Crippen LogP contribution in [0.2, 0.25) is 0 Å². The molecule has 0 aliphatic heterocycles. The van der Waals surface area contributed by atoms with Crippen LogP contribution in [-0.4, -0.2) is 94.5 Å². The van der Waals surface area contributed by atoms with Gasteiger partial charge >= 0.3 is 0 Å². The molecule has 0 bridgehead atoms. The van der Waals surface area contributed by atoms with Gasteiger partial charge in [0.05, 0.1) is 50.3 Å². The SMILES string of the molecule is O=C([O-])CN(CCOCCOCC[NH+](CC(=O)[O-])CC(=O)[O-])CC(=O)[O-]. The van der Waals surface area contributed by atoms with Gasteiger partial charge in [0.1, 0.15) is 19.6 Å². The summed E-state index contributed by atoms with van der Waals surface area (Å²) in [6.45, 7) is -1.55. The van der Waals surface area contributed by atoms with Crippen molar-refractivity contribution < 1.29 is 54.0 Å². The van der Waals surface area contributed by atoms with E-state index < -0.39 is 50.1 Å². The quantitative estimate of drug-likeness (QED) is 0.237. The molecule has 0 aliphatic rings. The van der Waals surface area contributed by atoms with E-state index in [0.717, 1.165) is 4.90 Å². The summed E-state index contributed by atoms with van der Waals surface area (Å²) in [6, 6.07) is 0. The molecule has 0 aromatic carbocycles. The van der Waals surface area contributed by atoms with Gasteiger partial charge < -0.3 is 54.0 Å². The molecule has 0 heterocycles. The molecule has 0 saturated heterocycles. The lowest BCUT2D eigenvalue weighted by atomic mass is 10.4. The van der Waals surface area contributed by atoms with Crippen molar-refractivity contribution in [3.63, 3.8) is 0 Å². The Kier molecular flexibility index (Phi) is 12.7. The Morgan fingerprint density at radius 2 is 1.15 bits per heavy atom. The van der Waals surface area contributed by atoms with E-state index >= 15 is 0 Å². The topological polar surface area (TPSA) is 187 Å². The summed E-state index contributed by atoms with van der Waals surface area (Å²) < 4.78 is 10.3. The highest BCUT2D eigenvalue weighted by Crippen LogP contribution is 1.88. The number of hydrogen-bond acceptors (Lipinski definition) is 11. The van der Waals surface area contributed by atoms with Crippen molar-refractivity contribution >= 4 is 23.9 Å². The third-order valence-corrected chi connectivity index (χ3v) is 3.02. The first kappa shape index (κ1) is 23.7. The maximum Gasteiger partial charge on any atom is 0.118 e. The third-order valence-electron chi connectivity index (χ3n) is 3.02. The summed E-state index contributed by atoms with van der Waals surface area (Å²) >= 11 is 0. The van der Waals surface area contributed by atoms with Gasteiger partial charge in [-0.25, -0.2) is 0 Å². The second-order valence-corrected chi connectivity index (χ2v) is 5.28. The van der Waals surface area contributed by atoms with E-state index in [0.29, 0.717) is 0 Å². The molecule has 150 valence electrons. The molecule has 0 saturated carbocycles. The first-order chi connectivity index (χ1) is 12.2. The van der Waals surface area contributed by atoms with Crippen molar-refractivity contribution in [1.82, 2.24) is 4.90 Å². The van der Waals surface area contributed by atoms with Crippen LogP contribution >= 0.6 is 0 Å². The second-order valence-electron chi connectivity index (χ2n) is 5.28. The number of nitrogens with zero attached hydrogens (tertiary/aromatic N) is 1. The number of quaternary nitrogens is 1. The fraction of sp³-hybridized carbons (Fsp3) is 0.714. The number of ether oxygens (including phenoxy) is 2. The van der Waals surface area contributed by atoms with Crippen molar-refractivity contribution in [2.24, 2.45) is 0 Å². The number of hydrogen-bond donors (Lipinski definition) is 1. The Balaban J connectivity index is 3.83. The number of carboxylic acid groups (broad SMARTS) is 4. The van der Waals surface area contributed by atoms with Crippen LogP contribution in [0.15, 0.2) is 0 Å². The van der Waals surface area contributed by atoms with Gasteiger partial charge in [0.25, 0.3) is 0 Å². The van der Waals surface area contributed by atoms with Gasteiger partial charge in [-0.15, -0.1) is 0 Å². The molecule has 0 spiro atoms. The van der Waals surface area contributed by atoms with Crippen LogP contribution in [0.4, 0.5) is 0 Å². The van der Waals surface area contributed by atoms with E-state index in [-0.39, 0.29) is 44.4 Å². The molecule has 0 rings (SSSR count). The molecule has 1 N–H and O–H groups in total. The van der Waals surface area contributed by atoms with Crippen LogP contribution in [0, 0.1) is 0 Å². The minimum Gasteiger partial charge on any atom is -0.549 e. The van der Waals surface area contributed by atoms with Crippen LogP contribution in [0.3, 0.4) is 0 Å². The molecule has 0 aromatic rings. The Morgan fingerprint density at radius 1 is 0.692 bits per heavy atom. The molecule has 26 heavy (non-hydrogen) atoms. The maximum atomic E-state index is 10.5. The molecule has 0 radical (unpaired) electrons. The first-order valence-electron chi connectivity index (χ1n) is 7.71. The Morgan fingerprint density at radius 3 is 1.58 bits per heavy atom. The number of nitrogens with one attached hydrogen (secondary N) is 1. The lowest BCUT2D eigenvalue weighted by Crippen LogP contribution is -3.15. The van der Waals surface area contributed by atoms with Gasteiger partial charge in [-0.1, -0.05) is 0 Å². The number of rotatable bonds is 17. The number of aliphatic carboxylic acids is 4. The second kappa shape index (κ2) is 13.9. The standard InChI is InChI=1S/C14H24N2O10/c17-11(18)7-15(8-12(19)20)1-3-25-5-6-26-4-2-16(9-13(21)22)10-14(23)24/h1-10H2,(H,17,18)(H,19,20)(H,21,22)(H,23,24)/p-3. The van der Waals surface area contributed by atoms with Gasteiger partial charge in [-0.05, 0) is 0 Å². The molecule has 12 heteroatoms. The van der Waals surface area contributed by atoms with Crippen LogP contribution in [-0.2, 0) is 28.7 Å². The van der Waals surface area contributed by atoms with Gasteiger partial charge in [0.15, 0.2) is 0 Å². The number of carbonyl (C=O) groups is 4. The zero-order chi connectivity index (χ0) is 19.9. The number of carbonyl (C=O) groups excluding carboxylic acids is 4. The zero-order valence-corrected chi connectivity index (χ0v) is 14.1. The molecule has 12 nitrogen and oxygen atoms in total. The van der Waals surface area contributed by atoms with Gasteiger partial charge in [0.2, 0.25) is 0 Å².